The maximum atomic E-state index is 10.6. The van der Waals surface area contributed by atoms with E-state index >= 15 is 0 Å². The summed E-state index contributed by atoms with van der Waals surface area (Å²) < 4.78 is 1.67. The molecule has 1 atom stereocenters. The smallest absolute Gasteiger partial charge is 0.303 e. The molecule has 0 aliphatic carbocycles. The van der Waals surface area contributed by atoms with Crippen LogP contribution in [0.1, 0.15) is 18.9 Å². The van der Waals surface area contributed by atoms with Crippen molar-refractivity contribution in [1.82, 2.24) is 20.2 Å². The zero-order valence-electron chi connectivity index (χ0n) is 10.2. The van der Waals surface area contributed by atoms with Crippen LogP contribution in [0.4, 0.5) is 0 Å². The number of carboxylic acids is 1. The molecule has 0 saturated carbocycles. The first-order chi connectivity index (χ1) is 8.58. The molecule has 1 unspecified atom stereocenters. The third-order valence-electron chi connectivity index (χ3n) is 2.64. The number of aliphatic carboxylic acids is 1. The number of thiophene rings is 1. The van der Waals surface area contributed by atoms with E-state index in [4.69, 9.17) is 5.11 Å². The van der Waals surface area contributed by atoms with Crippen LogP contribution in [0.15, 0.2) is 10.8 Å². The van der Waals surface area contributed by atoms with Crippen LogP contribution in [0.2, 0.25) is 0 Å². The van der Waals surface area contributed by atoms with Crippen molar-refractivity contribution in [3.05, 3.63) is 16.3 Å². The lowest BCUT2D eigenvalue weighted by Crippen LogP contribution is -2.14. The van der Waals surface area contributed by atoms with Gasteiger partial charge in [0.2, 0.25) is 0 Å². The number of carboxylic acid groups (broad SMARTS) is 1. The lowest BCUT2D eigenvalue weighted by atomic mass is 10.1. The number of carbonyl (C=O) groups is 1. The second kappa shape index (κ2) is 5.26. The van der Waals surface area contributed by atoms with E-state index in [9.17, 15) is 4.79 Å². The van der Waals surface area contributed by atoms with Crippen molar-refractivity contribution >= 4 is 17.3 Å². The van der Waals surface area contributed by atoms with E-state index in [0.717, 1.165) is 11.1 Å². The highest BCUT2D eigenvalue weighted by Gasteiger charge is 2.15. The molecule has 0 saturated heterocycles. The van der Waals surface area contributed by atoms with E-state index in [1.54, 1.807) is 16.0 Å². The van der Waals surface area contributed by atoms with Gasteiger partial charge in [0.15, 0.2) is 5.82 Å². The molecule has 6 nitrogen and oxygen atoms in total. The van der Waals surface area contributed by atoms with Crippen molar-refractivity contribution in [2.24, 2.45) is 5.92 Å². The Bertz CT molecular complexity index is 549. The number of rotatable bonds is 5. The molecule has 0 spiro atoms. The Morgan fingerprint density at radius 3 is 2.94 bits per heavy atom. The van der Waals surface area contributed by atoms with Crippen LogP contribution in [-0.2, 0) is 11.3 Å². The van der Waals surface area contributed by atoms with Gasteiger partial charge in [-0.2, -0.15) is 11.3 Å². The molecule has 0 aliphatic rings. The number of nitrogens with zero attached hydrogens (tertiary/aromatic N) is 4. The van der Waals surface area contributed by atoms with E-state index in [0.29, 0.717) is 12.4 Å². The first-order valence-electron chi connectivity index (χ1n) is 5.59. The zero-order chi connectivity index (χ0) is 13.1. The Kier molecular flexibility index (Phi) is 3.71. The molecule has 0 radical (unpaired) electrons. The van der Waals surface area contributed by atoms with Gasteiger partial charge in [0.25, 0.3) is 0 Å². The first-order valence-corrected chi connectivity index (χ1v) is 6.53. The maximum absolute atomic E-state index is 10.6. The molecule has 0 fully saturated rings. The first kappa shape index (κ1) is 12.7. The Labute approximate surface area is 108 Å². The summed E-state index contributed by atoms with van der Waals surface area (Å²) in [6, 6.07) is 0. The van der Waals surface area contributed by atoms with Crippen LogP contribution in [0.5, 0.6) is 0 Å². The fraction of sp³-hybridized carbons (Fsp3) is 0.455. The number of hydrogen-bond donors (Lipinski definition) is 1. The van der Waals surface area contributed by atoms with E-state index in [1.807, 2.05) is 24.6 Å². The summed E-state index contributed by atoms with van der Waals surface area (Å²) in [6.07, 6.45) is 0.113. The minimum absolute atomic E-state index is 0.0105. The minimum atomic E-state index is -0.802. The summed E-state index contributed by atoms with van der Waals surface area (Å²) in [5.74, 6) is -0.112. The summed E-state index contributed by atoms with van der Waals surface area (Å²) in [5, 5.41) is 24.4. The average molecular weight is 266 g/mol. The Balaban J connectivity index is 2.18. The second-order valence-corrected chi connectivity index (χ2v) is 5.10. The monoisotopic (exact) mass is 266 g/mol. The van der Waals surface area contributed by atoms with Crippen LogP contribution in [0, 0.1) is 12.8 Å². The normalized spacial score (nSPS) is 12.6. The zero-order valence-corrected chi connectivity index (χ0v) is 11.0. The molecule has 18 heavy (non-hydrogen) atoms. The molecule has 7 heteroatoms. The molecule has 0 bridgehead atoms. The van der Waals surface area contributed by atoms with Crippen molar-refractivity contribution in [1.29, 1.82) is 0 Å². The van der Waals surface area contributed by atoms with E-state index < -0.39 is 5.97 Å². The molecule has 2 aromatic rings. The van der Waals surface area contributed by atoms with Gasteiger partial charge in [0, 0.05) is 23.9 Å². The number of hydrogen-bond acceptors (Lipinski definition) is 5. The van der Waals surface area contributed by atoms with E-state index in [1.165, 1.54) is 0 Å². The predicted octanol–water partition coefficient (Wildman–Crippen LogP) is 1.82. The average Bonchev–Trinajstić information content (AvgIpc) is 2.85. The van der Waals surface area contributed by atoms with Crippen LogP contribution < -0.4 is 0 Å². The minimum Gasteiger partial charge on any atom is -0.481 e. The lowest BCUT2D eigenvalue weighted by Gasteiger charge is -2.09. The second-order valence-electron chi connectivity index (χ2n) is 4.36. The van der Waals surface area contributed by atoms with Crippen LogP contribution in [0.3, 0.4) is 0 Å². The SMILES string of the molecule is Cc1cscc1-c1nnnn1CC(C)CC(=O)O. The van der Waals surface area contributed by atoms with Gasteiger partial charge in [-0.15, -0.1) is 5.10 Å². The molecule has 2 aromatic heterocycles. The molecule has 96 valence electrons. The highest BCUT2D eigenvalue weighted by atomic mass is 32.1. The van der Waals surface area contributed by atoms with Crippen LogP contribution >= 0.6 is 11.3 Å². The standard InChI is InChI=1S/C11H14N4O2S/c1-7(3-10(16)17)4-15-11(12-13-14-15)9-6-18-5-8(9)2/h5-7H,3-4H2,1-2H3,(H,16,17). The third-order valence-corrected chi connectivity index (χ3v) is 3.50. The molecular formula is C11H14N4O2S. The topological polar surface area (TPSA) is 80.9 Å². The Hall–Kier alpha value is -1.76. The van der Waals surface area contributed by atoms with Gasteiger partial charge >= 0.3 is 5.97 Å². The van der Waals surface area contributed by atoms with Gasteiger partial charge in [-0.1, -0.05) is 6.92 Å². The number of aryl methyl sites for hydroxylation is 1. The highest BCUT2D eigenvalue weighted by Crippen LogP contribution is 2.24. The number of aromatic nitrogens is 4. The van der Waals surface area contributed by atoms with Crippen molar-refractivity contribution in [2.45, 2.75) is 26.8 Å². The summed E-state index contributed by atoms with van der Waals surface area (Å²) in [7, 11) is 0. The van der Waals surface area contributed by atoms with Crippen molar-refractivity contribution in [2.75, 3.05) is 0 Å². The lowest BCUT2D eigenvalue weighted by molar-refractivity contribution is -0.138. The van der Waals surface area contributed by atoms with Gasteiger partial charge in [0.1, 0.15) is 0 Å². The van der Waals surface area contributed by atoms with Crippen molar-refractivity contribution < 1.29 is 9.90 Å². The summed E-state index contributed by atoms with van der Waals surface area (Å²) >= 11 is 1.60. The largest absolute Gasteiger partial charge is 0.481 e. The van der Waals surface area contributed by atoms with Gasteiger partial charge < -0.3 is 5.11 Å². The Morgan fingerprint density at radius 1 is 1.56 bits per heavy atom. The predicted molar refractivity (Wildman–Crippen MR) is 67.3 cm³/mol. The molecule has 2 rings (SSSR count). The molecule has 0 aromatic carbocycles. The molecule has 1 N–H and O–H groups in total. The summed E-state index contributed by atoms with van der Waals surface area (Å²) in [4.78, 5) is 10.6. The van der Waals surface area contributed by atoms with Gasteiger partial charge in [-0.05, 0) is 34.2 Å². The van der Waals surface area contributed by atoms with Gasteiger partial charge in [-0.3, -0.25) is 4.79 Å². The van der Waals surface area contributed by atoms with Gasteiger partial charge in [0.05, 0.1) is 0 Å². The van der Waals surface area contributed by atoms with E-state index in [-0.39, 0.29) is 12.3 Å². The van der Waals surface area contributed by atoms with Crippen LogP contribution in [-0.4, -0.2) is 31.3 Å². The fourth-order valence-corrected chi connectivity index (χ4v) is 2.59. The van der Waals surface area contributed by atoms with Crippen molar-refractivity contribution in [3.63, 3.8) is 0 Å². The number of tetrazole rings is 1. The summed E-state index contributed by atoms with van der Waals surface area (Å²) in [5.41, 5.74) is 2.13. The van der Waals surface area contributed by atoms with Crippen LogP contribution in [0.25, 0.3) is 11.4 Å². The fourth-order valence-electron chi connectivity index (χ4n) is 1.77. The summed E-state index contributed by atoms with van der Waals surface area (Å²) in [6.45, 7) is 4.38. The molecule has 0 aliphatic heterocycles. The highest BCUT2D eigenvalue weighted by molar-refractivity contribution is 7.08. The van der Waals surface area contributed by atoms with E-state index in [2.05, 4.69) is 15.5 Å². The maximum Gasteiger partial charge on any atom is 0.303 e. The third kappa shape index (κ3) is 2.73. The molecule has 2 heterocycles. The van der Waals surface area contributed by atoms with Gasteiger partial charge in [-0.25, -0.2) is 4.68 Å². The molecular weight excluding hydrogens is 252 g/mol. The van der Waals surface area contributed by atoms with Crippen molar-refractivity contribution in [3.8, 4) is 11.4 Å². The Morgan fingerprint density at radius 2 is 2.33 bits per heavy atom. The quantitative estimate of drug-likeness (QED) is 0.892. The molecule has 0 amide bonds.